The summed E-state index contributed by atoms with van der Waals surface area (Å²) in [5.74, 6) is -0.0186. The lowest BCUT2D eigenvalue weighted by Gasteiger charge is -2.22. The molecule has 0 rings (SSSR count). The van der Waals surface area contributed by atoms with Crippen molar-refractivity contribution in [2.75, 3.05) is 13.2 Å². The second-order valence-electron chi connectivity index (χ2n) is 22.8. The Balaban J connectivity index is 3.31. The highest BCUT2D eigenvalue weighted by Crippen LogP contribution is 2.19. The summed E-state index contributed by atoms with van der Waals surface area (Å²) in [6.07, 6.45) is 75.4. The van der Waals surface area contributed by atoms with Gasteiger partial charge in [-0.25, -0.2) is 0 Å². The first-order valence-electron chi connectivity index (χ1n) is 32.9. The molecule has 0 bridgehead atoms. The van der Waals surface area contributed by atoms with Gasteiger partial charge in [-0.05, 0) is 44.9 Å². The van der Waals surface area contributed by atoms with E-state index in [9.17, 15) is 19.8 Å². The molecule has 3 N–H and O–H groups in total. The van der Waals surface area contributed by atoms with Gasteiger partial charge in [0, 0.05) is 12.8 Å². The number of esters is 1. The standard InChI is InChI=1S/C66H129NO5/c1-3-5-7-9-11-13-15-35-39-42-46-50-54-58-64(69)63(62-68)67-65(70)59-55-51-47-43-40-36-33-31-29-27-25-23-21-19-17-16-18-20-22-24-26-28-30-32-34-37-41-45-49-53-57-61-72-66(71)60-56-52-48-44-38-14-12-10-8-6-4-2/h10,12,63-64,68-69H,3-9,11,13-62H2,1-2H3,(H,67,70)/b12-10-. The zero-order chi connectivity index (χ0) is 52.2. The zero-order valence-electron chi connectivity index (χ0n) is 48.9. The number of aliphatic hydroxyl groups excluding tert-OH is 2. The van der Waals surface area contributed by atoms with Gasteiger partial charge in [0.1, 0.15) is 0 Å². The molecule has 6 heteroatoms. The van der Waals surface area contributed by atoms with Crippen LogP contribution in [0.3, 0.4) is 0 Å². The maximum Gasteiger partial charge on any atom is 0.305 e. The van der Waals surface area contributed by atoms with Gasteiger partial charge >= 0.3 is 5.97 Å². The number of allylic oxidation sites excluding steroid dienone is 2. The van der Waals surface area contributed by atoms with Crippen molar-refractivity contribution in [3.05, 3.63) is 12.2 Å². The SMILES string of the molecule is CCCC/C=C\CCCCCCCC(=O)OCCCCCCCCCCCCCCCCCCCCCCCCCCCCCCCCCC(=O)NC(CO)C(O)CCCCCCCCCCCCCCC. The second kappa shape index (κ2) is 62.1. The molecule has 0 radical (unpaired) electrons. The summed E-state index contributed by atoms with van der Waals surface area (Å²) < 4.78 is 5.47. The highest BCUT2D eigenvalue weighted by Gasteiger charge is 2.20. The van der Waals surface area contributed by atoms with E-state index in [1.165, 1.54) is 295 Å². The van der Waals surface area contributed by atoms with Crippen LogP contribution >= 0.6 is 0 Å². The van der Waals surface area contributed by atoms with Gasteiger partial charge in [-0.1, -0.05) is 328 Å². The molecule has 0 aliphatic heterocycles. The van der Waals surface area contributed by atoms with Crippen LogP contribution in [0.25, 0.3) is 0 Å². The van der Waals surface area contributed by atoms with Gasteiger partial charge in [0.15, 0.2) is 0 Å². The first-order chi connectivity index (χ1) is 35.5. The van der Waals surface area contributed by atoms with Crippen molar-refractivity contribution in [1.29, 1.82) is 0 Å². The molecule has 0 spiro atoms. The molecule has 0 aromatic rings. The maximum absolute atomic E-state index is 12.5. The fourth-order valence-electron chi connectivity index (χ4n) is 10.5. The van der Waals surface area contributed by atoms with Crippen molar-refractivity contribution >= 4 is 11.9 Å². The molecule has 6 nitrogen and oxygen atoms in total. The normalized spacial score (nSPS) is 12.6. The zero-order valence-corrected chi connectivity index (χ0v) is 48.9. The fourth-order valence-corrected chi connectivity index (χ4v) is 10.5. The average Bonchev–Trinajstić information content (AvgIpc) is 3.38. The van der Waals surface area contributed by atoms with E-state index in [-0.39, 0.29) is 18.5 Å². The van der Waals surface area contributed by atoms with E-state index < -0.39 is 12.1 Å². The van der Waals surface area contributed by atoms with E-state index in [1.54, 1.807) is 0 Å². The molecule has 2 unspecified atom stereocenters. The predicted molar refractivity (Wildman–Crippen MR) is 315 cm³/mol. The summed E-state index contributed by atoms with van der Waals surface area (Å²) in [5, 5.41) is 23.3. The minimum absolute atomic E-state index is 0.0100. The van der Waals surface area contributed by atoms with E-state index in [0.29, 0.717) is 25.9 Å². The average molecular weight is 1020 g/mol. The van der Waals surface area contributed by atoms with Crippen molar-refractivity contribution in [1.82, 2.24) is 5.32 Å². The number of hydrogen-bond donors (Lipinski definition) is 3. The summed E-state index contributed by atoms with van der Waals surface area (Å²) in [6.45, 7) is 4.94. The van der Waals surface area contributed by atoms with Crippen molar-refractivity contribution in [3.63, 3.8) is 0 Å². The number of unbranched alkanes of at least 4 members (excludes halogenated alkanes) is 49. The van der Waals surface area contributed by atoms with Crippen molar-refractivity contribution in [2.45, 2.75) is 386 Å². The third kappa shape index (κ3) is 57.9. The Kier molecular flexibility index (Phi) is 60.9. The van der Waals surface area contributed by atoms with Crippen LogP contribution in [0.15, 0.2) is 12.2 Å². The largest absolute Gasteiger partial charge is 0.466 e. The highest BCUT2D eigenvalue weighted by molar-refractivity contribution is 5.76. The molecule has 0 fully saturated rings. The molecule has 0 saturated heterocycles. The maximum atomic E-state index is 12.5. The Morgan fingerprint density at radius 1 is 0.375 bits per heavy atom. The van der Waals surface area contributed by atoms with E-state index in [1.807, 2.05) is 0 Å². The molecule has 428 valence electrons. The number of hydrogen-bond acceptors (Lipinski definition) is 5. The number of aliphatic hydroxyl groups is 2. The van der Waals surface area contributed by atoms with Crippen LogP contribution in [0.1, 0.15) is 373 Å². The number of nitrogens with one attached hydrogen (secondary N) is 1. The molecule has 0 heterocycles. The van der Waals surface area contributed by atoms with Crippen LogP contribution in [0, 0.1) is 0 Å². The fraction of sp³-hybridized carbons (Fsp3) is 0.939. The van der Waals surface area contributed by atoms with E-state index in [0.717, 1.165) is 44.9 Å². The van der Waals surface area contributed by atoms with E-state index in [2.05, 4.69) is 31.3 Å². The minimum atomic E-state index is -0.659. The van der Waals surface area contributed by atoms with Crippen LogP contribution in [-0.4, -0.2) is 47.4 Å². The number of rotatable bonds is 62. The summed E-state index contributed by atoms with van der Waals surface area (Å²) in [6, 6.07) is -0.536. The van der Waals surface area contributed by atoms with Crippen molar-refractivity contribution in [3.8, 4) is 0 Å². The van der Waals surface area contributed by atoms with Crippen LogP contribution in [0.5, 0.6) is 0 Å². The third-order valence-corrected chi connectivity index (χ3v) is 15.6. The first-order valence-corrected chi connectivity index (χ1v) is 32.9. The Labute approximate surface area is 450 Å². The van der Waals surface area contributed by atoms with Gasteiger partial charge in [-0.2, -0.15) is 0 Å². The molecule has 1 amide bonds. The van der Waals surface area contributed by atoms with Crippen LogP contribution < -0.4 is 5.32 Å². The van der Waals surface area contributed by atoms with Gasteiger partial charge in [0.25, 0.3) is 0 Å². The lowest BCUT2D eigenvalue weighted by Crippen LogP contribution is -2.45. The Hall–Kier alpha value is -1.40. The summed E-state index contributed by atoms with van der Waals surface area (Å²) in [7, 11) is 0. The molecule has 72 heavy (non-hydrogen) atoms. The Bertz CT molecular complexity index is 1080. The Morgan fingerprint density at radius 2 is 0.667 bits per heavy atom. The molecular formula is C66H129NO5. The molecular weight excluding hydrogens is 887 g/mol. The topological polar surface area (TPSA) is 95.9 Å². The quantitative estimate of drug-likeness (QED) is 0.0320. The molecule has 0 aliphatic rings. The molecule has 0 aliphatic carbocycles. The van der Waals surface area contributed by atoms with Crippen molar-refractivity contribution in [2.24, 2.45) is 0 Å². The number of carbonyl (C=O) groups is 2. The van der Waals surface area contributed by atoms with Crippen LogP contribution in [-0.2, 0) is 14.3 Å². The third-order valence-electron chi connectivity index (χ3n) is 15.6. The van der Waals surface area contributed by atoms with Crippen LogP contribution in [0.4, 0.5) is 0 Å². The second-order valence-corrected chi connectivity index (χ2v) is 22.8. The predicted octanol–water partition coefficient (Wildman–Crippen LogP) is 20.8. The summed E-state index contributed by atoms with van der Waals surface area (Å²) >= 11 is 0. The van der Waals surface area contributed by atoms with Gasteiger partial charge in [-0.15, -0.1) is 0 Å². The lowest BCUT2D eigenvalue weighted by molar-refractivity contribution is -0.143. The molecule has 0 aromatic heterocycles. The van der Waals surface area contributed by atoms with Gasteiger partial charge in [-0.3, -0.25) is 9.59 Å². The molecule has 0 saturated carbocycles. The monoisotopic (exact) mass is 1020 g/mol. The molecule has 0 aromatic carbocycles. The van der Waals surface area contributed by atoms with Gasteiger partial charge in [0.05, 0.1) is 25.4 Å². The van der Waals surface area contributed by atoms with E-state index >= 15 is 0 Å². The highest BCUT2D eigenvalue weighted by atomic mass is 16.5. The Morgan fingerprint density at radius 3 is 1.03 bits per heavy atom. The van der Waals surface area contributed by atoms with Gasteiger partial charge in [0.2, 0.25) is 5.91 Å². The summed E-state index contributed by atoms with van der Waals surface area (Å²) in [4.78, 5) is 24.5. The number of ether oxygens (including phenoxy) is 1. The van der Waals surface area contributed by atoms with Crippen molar-refractivity contribution < 1.29 is 24.5 Å². The number of amides is 1. The number of carbonyl (C=O) groups excluding carboxylic acids is 2. The molecule has 2 atom stereocenters. The first kappa shape index (κ1) is 70.6. The summed E-state index contributed by atoms with van der Waals surface area (Å²) in [5.41, 5.74) is 0. The smallest absolute Gasteiger partial charge is 0.305 e. The van der Waals surface area contributed by atoms with E-state index in [4.69, 9.17) is 4.74 Å². The minimum Gasteiger partial charge on any atom is -0.466 e. The lowest BCUT2D eigenvalue weighted by atomic mass is 10.0. The van der Waals surface area contributed by atoms with Gasteiger partial charge < -0.3 is 20.3 Å². The van der Waals surface area contributed by atoms with Crippen LogP contribution in [0.2, 0.25) is 0 Å².